The lowest BCUT2D eigenvalue weighted by atomic mass is 10.1. The van der Waals surface area contributed by atoms with Crippen molar-refractivity contribution in [1.29, 1.82) is 0 Å². The molecule has 5 rings (SSSR count). The zero-order valence-corrected chi connectivity index (χ0v) is 19.1. The summed E-state index contributed by atoms with van der Waals surface area (Å²) in [6.45, 7) is 0.869. The molecule has 33 heavy (non-hydrogen) atoms. The van der Waals surface area contributed by atoms with Crippen LogP contribution < -0.4 is 14.8 Å². The number of nitrogens with zero attached hydrogens (tertiary/aromatic N) is 2. The molecule has 9 nitrogen and oxygen atoms in total. The molecule has 0 saturated carbocycles. The van der Waals surface area contributed by atoms with Gasteiger partial charge in [0.1, 0.15) is 16.4 Å². The first kappa shape index (κ1) is 21.5. The van der Waals surface area contributed by atoms with Crippen LogP contribution in [0.25, 0.3) is 21.8 Å². The normalized spacial score (nSPS) is 15.1. The summed E-state index contributed by atoms with van der Waals surface area (Å²) in [6, 6.07) is 10.7. The Hall–Kier alpha value is -3.37. The van der Waals surface area contributed by atoms with Crippen LogP contribution in [-0.2, 0) is 14.6 Å². The summed E-state index contributed by atoms with van der Waals surface area (Å²) in [7, 11) is -0.540. The fourth-order valence-corrected chi connectivity index (χ4v) is 6.03. The molecule has 10 heteroatoms. The number of hydrogen-bond acceptors (Lipinski definition) is 8. The highest BCUT2D eigenvalue weighted by molar-refractivity contribution is 7.92. The molecule has 1 aliphatic heterocycles. The van der Waals surface area contributed by atoms with Gasteiger partial charge in [0.15, 0.2) is 15.7 Å². The lowest BCUT2D eigenvalue weighted by molar-refractivity contribution is 0.0983. The van der Waals surface area contributed by atoms with E-state index in [0.29, 0.717) is 54.2 Å². The van der Waals surface area contributed by atoms with Crippen molar-refractivity contribution in [3.05, 3.63) is 42.6 Å². The van der Waals surface area contributed by atoms with E-state index in [2.05, 4.69) is 20.5 Å². The van der Waals surface area contributed by atoms with Crippen LogP contribution in [0, 0.1) is 0 Å². The smallest absolute Gasteiger partial charge is 0.185 e. The van der Waals surface area contributed by atoms with Crippen LogP contribution in [0.5, 0.6) is 11.5 Å². The van der Waals surface area contributed by atoms with Crippen LogP contribution >= 0.6 is 0 Å². The molecule has 4 aromatic rings. The molecule has 0 atom stereocenters. The number of aromatic amines is 1. The standard InChI is InChI=1S/C23H24N4O5S/c1-30-14-3-4-19-17(11-14)23(27-26-19)25-18-5-8-24-20-13-21(31-2)22(12-16(18)20)33(28,29)15-6-9-32-10-7-15/h3-5,8,11-13,15H,6-7,9-10H2,1-2H3,(H2,24,25,26,27). The molecule has 2 N–H and O–H groups in total. The van der Waals surface area contributed by atoms with Crippen LogP contribution in [0.3, 0.4) is 0 Å². The molecule has 1 fully saturated rings. The monoisotopic (exact) mass is 468 g/mol. The third kappa shape index (κ3) is 3.85. The Morgan fingerprint density at radius 3 is 2.64 bits per heavy atom. The summed E-state index contributed by atoms with van der Waals surface area (Å²) in [5.41, 5.74) is 2.14. The molecule has 0 unspecified atom stereocenters. The molecule has 2 aromatic heterocycles. The minimum absolute atomic E-state index is 0.161. The maximum Gasteiger partial charge on any atom is 0.185 e. The van der Waals surface area contributed by atoms with Crippen molar-refractivity contribution in [2.24, 2.45) is 0 Å². The van der Waals surface area contributed by atoms with E-state index in [-0.39, 0.29) is 10.6 Å². The molecule has 0 amide bonds. The molecule has 0 aliphatic carbocycles. The van der Waals surface area contributed by atoms with Gasteiger partial charge < -0.3 is 19.5 Å². The highest BCUT2D eigenvalue weighted by atomic mass is 32.2. The SMILES string of the molecule is COc1ccc2[nH]nc(Nc3ccnc4cc(OC)c(S(=O)(=O)C5CCOCC5)cc34)c2c1. The van der Waals surface area contributed by atoms with Crippen molar-refractivity contribution in [3.63, 3.8) is 0 Å². The number of benzene rings is 2. The van der Waals surface area contributed by atoms with Crippen molar-refractivity contribution in [2.45, 2.75) is 23.0 Å². The van der Waals surface area contributed by atoms with E-state index in [9.17, 15) is 8.42 Å². The van der Waals surface area contributed by atoms with Gasteiger partial charge in [-0.1, -0.05) is 0 Å². The maximum atomic E-state index is 13.5. The molecule has 0 bridgehead atoms. The third-order valence-electron chi connectivity index (χ3n) is 5.96. The van der Waals surface area contributed by atoms with E-state index in [0.717, 1.165) is 10.9 Å². The summed E-state index contributed by atoms with van der Waals surface area (Å²) >= 11 is 0. The Morgan fingerprint density at radius 1 is 1.06 bits per heavy atom. The number of rotatable bonds is 6. The first-order valence-corrected chi connectivity index (χ1v) is 12.1. The minimum atomic E-state index is -3.62. The number of pyridine rings is 1. The molecule has 0 spiro atoms. The summed E-state index contributed by atoms with van der Waals surface area (Å²) in [5.74, 6) is 1.59. The third-order valence-corrected chi connectivity index (χ3v) is 8.24. The highest BCUT2D eigenvalue weighted by Crippen LogP contribution is 2.37. The highest BCUT2D eigenvalue weighted by Gasteiger charge is 2.32. The molecule has 2 aromatic carbocycles. The molecular weight excluding hydrogens is 444 g/mol. The van der Waals surface area contributed by atoms with Gasteiger partial charge in [0.25, 0.3) is 0 Å². The van der Waals surface area contributed by atoms with E-state index < -0.39 is 15.1 Å². The van der Waals surface area contributed by atoms with Crippen molar-refractivity contribution < 1.29 is 22.6 Å². The molecule has 172 valence electrons. The number of sulfone groups is 1. The Balaban J connectivity index is 1.62. The van der Waals surface area contributed by atoms with Gasteiger partial charge in [-0.25, -0.2) is 8.42 Å². The van der Waals surface area contributed by atoms with Crippen LogP contribution in [0.4, 0.5) is 11.5 Å². The number of aromatic nitrogens is 3. The van der Waals surface area contributed by atoms with E-state index in [1.54, 1.807) is 31.5 Å². The lowest BCUT2D eigenvalue weighted by Gasteiger charge is -2.23. The molecule has 3 heterocycles. The first-order valence-electron chi connectivity index (χ1n) is 10.6. The largest absolute Gasteiger partial charge is 0.497 e. The fourth-order valence-electron chi connectivity index (χ4n) is 4.15. The second-order valence-electron chi connectivity index (χ2n) is 7.84. The Bertz CT molecular complexity index is 1430. The van der Waals surface area contributed by atoms with Gasteiger partial charge in [-0.3, -0.25) is 10.1 Å². The van der Waals surface area contributed by atoms with Gasteiger partial charge in [-0.2, -0.15) is 5.10 Å². The average molecular weight is 469 g/mol. The topological polar surface area (TPSA) is 115 Å². The van der Waals surface area contributed by atoms with Gasteiger partial charge in [-0.15, -0.1) is 0 Å². The maximum absolute atomic E-state index is 13.5. The minimum Gasteiger partial charge on any atom is -0.497 e. The Kier molecular flexibility index (Phi) is 5.55. The van der Waals surface area contributed by atoms with Gasteiger partial charge in [-0.05, 0) is 43.2 Å². The van der Waals surface area contributed by atoms with Gasteiger partial charge in [0, 0.05) is 36.2 Å². The van der Waals surface area contributed by atoms with Gasteiger partial charge >= 0.3 is 0 Å². The van der Waals surface area contributed by atoms with Crippen molar-refractivity contribution in [3.8, 4) is 11.5 Å². The lowest BCUT2D eigenvalue weighted by Crippen LogP contribution is -2.29. The second-order valence-corrected chi connectivity index (χ2v) is 10.0. The number of methoxy groups -OCH3 is 2. The number of H-pyrrole nitrogens is 1. The Labute approximate surface area is 191 Å². The second kappa shape index (κ2) is 8.53. The summed E-state index contributed by atoms with van der Waals surface area (Å²) < 4.78 is 43.1. The number of ether oxygens (including phenoxy) is 3. The zero-order valence-electron chi connectivity index (χ0n) is 18.3. The molecule has 0 radical (unpaired) electrons. The number of anilines is 2. The predicted octanol–water partition coefficient (Wildman–Crippen LogP) is 3.82. The van der Waals surface area contributed by atoms with Crippen LogP contribution in [0.15, 0.2) is 47.5 Å². The summed E-state index contributed by atoms with van der Waals surface area (Å²) in [4.78, 5) is 4.58. The van der Waals surface area contributed by atoms with Crippen LogP contribution in [0.2, 0.25) is 0 Å². The zero-order chi connectivity index (χ0) is 23.0. The molecular formula is C23H24N4O5S. The first-order chi connectivity index (χ1) is 16.0. The van der Waals surface area contributed by atoms with E-state index in [1.807, 2.05) is 18.2 Å². The average Bonchev–Trinajstić information content (AvgIpc) is 3.25. The fraction of sp³-hybridized carbons (Fsp3) is 0.304. The van der Waals surface area contributed by atoms with Crippen molar-refractivity contribution >= 4 is 43.1 Å². The van der Waals surface area contributed by atoms with Gasteiger partial charge in [0.05, 0.1) is 36.2 Å². The van der Waals surface area contributed by atoms with Crippen molar-refractivity contribution in [1.82, 2.24) is 15.2 Å². The number of fused-ring (bicyclic) bond motifs is 2. The Morgan fingerprint density at radius 2 is 1.88 bits per heavy atom. The molecule has 1 aliphatic rings. The number of nitrogens with one attached hydrogen (secondary N) is 2. The van der Waals surface area contributed by atoms with Gasteiger partial charge in [0.2, 0.25) is 0 Å². The van der Waals surface area contributed by atoms with E-state index >= 15 is 0 Å². The number of hydrogen-bond donors (Lipinski definition) is 2. The predicted molar refractivity (Wildman–Crippen MR) is 125 cm³/mol. The van der Waals surface area contributed by atoms with Crippen LogP contribution in [0.1, 0.15) is 12.8 Å². The summed E-state index contributed by atoms with van der Waals surface area (Å²) in [5, 5.41) is 11.7. The quantitative estimate of drug-likeness (QED) is 0.439. The van der Waals surface area contributed by atoms with Crippen LogP contribution in [-0.4, -0.2) is 56.3 Å². The van der Waals surface area contributed by atoms with Crippen molar-refractivity contribution in [2.75, 3.05) is 32.8 Å². The van der Waals surface area contributed by atoms with E-state index in [1.165, 1.54) is 7.11 Å². The molecule has 1 saturated heterocycles. The summed E-state index contributed by atoms with van der Waals surface area (Å²) in [6.07, 6.45) is 2.58. The van der Waals surface area contributed by atoms with E-state index in [4.69, 9.17) is 14.2 Å².